The van der Waals surface area contributed by atoms with E-state index in [1.807, 2.05) is 0 Å². The third-order valence-electron chi connectivity index (χ3n) is 3.90. The molecule has 2 saturated carbocycles. The van der Waals surface area contributed by atoms with Gasteiger partial charge in [-0.2, -0.15) is 0 Å². The van der Waals surface area contributed by atoms with Gasteiger partial charge in [-0.15, -0.1) is 0 Å². The standard InChI is InChI=1S/C14H26N2O/c17-14(16-13-7-8-13)6-3-10-15-11-9-12-4-1-2-5-12/h12-13,15H,1-11H2,(H,16,17). The van der Waals surface area contributed by atoms with Gasteiger partial charge in [-0.3, -0.25) is 4.79 Å². The number of rotatable bonds is 8. The maximum atomic E-state index is 11.4. The average Bonchev–Trinajstić information content (AvgIpc) is 2.96. The van der Waals surface area contributed by atoms with Gasteiger partial charge in [-0.25, -0.2) is 0 Å². The van der Waals surface area contributed by atoms with Crippen molar-refractivity contribution in [1.82, 2.24) is 10.6 Å². The molecule has 2 N–H and O–H groups in total. The molecule has 0 saturated heterocycles. The highest BCUT2D eigenvalue weighted by Gasteiger charge is 2.22. The van der Waals surface area contributed by atoms with Crippen LogP contribution in [-0.2, 0) is 4.79 Å². The Morgan fingerprint density at radius 1 is 1.06 bits per heavy atom. The molecule has 0 aromatic rings. The zero-order valence-electron chi connectivity index (χ0n) is 10.8. The predicted molar refractivity (Wildman–Crippen MR) is 69.8 cm³/mol. The maximum Gasteiger partial charge on any atom is 0.220 e. The van der Waals surface area contributed by atoms with E-state index in [0.717, 1.165) is 25.4 Å². The first-order chi connectivity index (χ1) is 8.34. The van der Waals surface area contributed by atoms with Gasteiger partial charge in [0.05, 0.1) is 0 Å². The molecule has 0 bridgehead atoms. The van der Waals surface area contributed by atoms with Crippen LogP contribution in [0.15, 0.2) is 0 Å². The van der Waals surface area contributed by atoms with Crippen LogP contribution in [-0.4, -0.2) is 25.0 Å². The summed E-state index contributed by atoms with van der Waals surface area (Å²) < 4.78 is 0. The van der Waals surface area contributed by atoms with Crippen LogP contribution < -0.4 is 10.6 Å². The second kappa shape index (κ2) is 7.00. The zero-order chi connectivity index (χ0) is 11.9. The average molecular weight is 238 g/mol. The summed E-state index contributed by atoms with van der Waals surface area (Å²) in [5, 5.41) is 6.48. The fraction of sp³-hybridized carbons (Fsp3) is 0.929. The summed E-state index contributed by atoms with van der Waals surface area (Å²) in [7, 11) is 0. The van der Waals surface area contributed by atoms with Crippen LogP contribution in [0.5, 0.6) is 0 Å². The minimum atomic E-state index is 0.241. The van der Waals surface area contributed by atoms with Crippen LogP contribution in [0.4, 0.5) is 0 Å². The fourth-order valence-electron chi connectivity index (χ4n) is 2.63. The summed E-state index contributed by atoms with van der Waals surface area (Å²) in [6.45, 7) is 2.12. The molecule has 2 aliphatic rings. The highest BCUT2D eigenvalue weighted by molar-refractivity contribution is 5.76. The summed E-state index contributed by atoms with van der Waals surface area (Å²) in [6, 6.07) is 0.512. The van der Waals surface area contributed by atoms with Gasteiger partial charge < -0.3 is 10.6 Å². The monoisotopic (exact) mass is 238 g/mol. The number of hydrogen-bond acceptors (Lipinski definition) is 2. The Kier molecular flexibility index (Phi) is 5.30. The van der Waals surface area contributed by atoms with Gasteiger partial charge in [0.1, 0.15) is 0 Å². The smallest absolute Gasteiger partial charge is 0.220 e. The molecule has 3 nitrogen and oxygen atoms in total. The SMILES string of the molecule is O=C(CCCNCCC1CCCC1)NC1CC1. The van der Waals surface area contributed by atoms with E-state index in [0.29, 0.717) is 12.5 Å². The number of carbonyl (C=O) groups excluding carboxylic acids is 1. The van der Waals surface area contributed by atoms with E-state index < -0.39 is 0 Å². The molecule has 2 aliphatic carbocycles. The first kappa shape index (κ1) is 12.9. The molecule has 0 atom stereocenters. The number of carbonyl (C=O) groups is 1. The van der Waals surface area contributed by atoms with E-state index in [9.17, 15) is 4.79 Å². The Hall–Kier alpha value is -0.570. The van der Waals surface area contributed by atoms with E-state index in [4.69, 9.17) is 0 Å². The maximum absolute atomic E-state index is 11.4. The largest absolute Gasteiger partial charge is 0.353 e. The van der Waals surface area contributed by atoms with Crippen molar-refractivity contribution in [3.8, 4) is 0 Å². The van der Waals surface area contributed by atoms with Gasteiger partial charge in [0.15, 0.2) is 0 Å². The Morgan fingerprint density at radius 3 is 2.53 bits per heavy atom. The highest BCUT2D eigenvalue weighted by Crippen LogP contribution is 2.26. The molecule has 3 heteroatoms. The van der Waals surface area contributed by atoms with Gasteiger partial charge in [0, 0.05) is 12.5 Å². The summed E-state index contributed by atoms with van der Waals surface area (Å²) in [5.41, 5.74) is 0. The second-order valence-electron chi connectivity index (χ2n) is 5.63. The van der Waals surface area contributed by atoms with Crippen molar-refractivity contribution in [1.29, 1.82) is 0 Å². The Labute approximate surface area is 105 Å². The van der Waals surface area contributed by atoms with Gasteiger partial charge in [-0.05, 0) is 44.7 Å². The van der Waals surface area contributed by atoms with Crippen molar-refractivity contribution in [2.75, 3.05) is 13.1 Å². The molecule has 0 unspecified atom stereocenters. The summed E-state index contributed by atoms with van der Waals surface area (Å²) in [6.07, 6.45) is 11.1. The zero-order valence-corrected chi connectivity index (χ0v) is 10.8. The molecular formula is C14H26N2O. The molecule has 2 fully saturated rings. The van der Waals surface area contributed by atoms with Crippen molar-refractivity contribution in [2.24, 2.45) is 5.92 Å². The first-order valence-electron chi connectivity index (χ1n) is 7.34. The number of hydrogen-bond donors (Lipinski definition) is 2. The van der Waals surface area contributed by atoms with Gasteiger partial charge in [0.2, 0.25) is 5.91 Å². The van der Waals surface area contributed by atoms with E-state index in [2.05, 4.69) is 10.6 Å². The Bertz CT molecular complexity index is 232. The molecule has 17 heavy (non-hydrogen) atoms. The quantitative estimate of drug-likeness (QED) is 0.637. The molecule has 0 spiro atoms. The van der Waals surface area contributed by atoms with Crippen molar-refractivity contribution in [2.45, 2.75) is 63.8 Å². The van der Waals surface area contributed by atoms with Crippen LogP contribution in [0.1, 0.15) is 57.8 Å². The van der Waals surface area contributed by atoms with Crippen molar-refractivity contribution < 1.29 is 4.79 Å². The molecule has 0 aromatic heterocycles. The molecule has 0 aliphatic heterocycles. The molecule has 0 heterocycles. The molecule has 1 amide bonds. The summed E-state index contributed by atoms with van der Waals surface area (Å²) in [5.74, 6) is 1.21. The van der Waals surface area contributed by atoms with Gasteiger partial charge in [0.25, 0.3) is 0 Å². The van der Waals surface area contributed by atoms with Crippen molar-refractivity contribution in [3.05, 3.63) is 0 Å². The van der Waals surface area contributed by atoms with E-state index in [1.165, 1.54) is 44.9 Å². The lowest BCUT2D eigenvalue weighted by atomic mass is 10.0. The van der Waals surface area contributed by atoms with E-state index >= 15 is 0 Å². The highest BCUT2D eigenvalue weighted by atomic mass is 16.1. The van der Waals surface area contributed by atoms with Crippen LogP contribution in [0.3, 0.4) is 0 Å². The normalized spacial score (nSPS) is 20.7. The van der Waals surface area contributed by atoms with Crippen LogP contribution >= 0.6 is 0 Å². The summed E-state index contributed by atoms with van der Waals surface area (Å²) in [4.78, 5) is 11.4. The molecule has 98 valence electrons. The van der Waals surface area contributed by atoms with Gasteiger partial charge >= 0.3 is 0 Å². The van der Waals surface area contributed by atoms with E-state index in [-0.39, 0.29) is 5.91 Å². The van der Waals surface area contributed by atoms with Crippen LogP contribution in [0.2, 0.25) is 0 Å². The molecular weight excluding hydrogens is 212 g/mol. The summed E-state index contributed by atoms with van der Waals surface area (Å²) >= 11 is 0. The number of nitrogens with one attached hydrogen (secondary N) is 2. The molecule has 2 rings (SSSR count). The lowest BCUT2D eigenvalue weighted by Crippen LogP contribution is -2.26. The topological polar surface area (TPSA) is 41.1 Å². The Morgan fingerprint density at radius 2 is 1.82 bits per heavy atom. The third kappa shape index (κ3) is 5.53. The second-order valence-corrected chi connectivity index (χ2v) is 5.63. The predicted octanol–water partition coefficient (Wildman–Crippen LogP) is 2.22. The first-order valence-corrected chi connectivity index (χ1v) is 7.34. The third-order valence-corrected chi connectivity index (χ3v) is 3.90. The number of amides is 1. The molecule has 0 aromatic carbocycles. The minimum Gasteiger partial charge on any atom is -0.353 e. The fourth-order valence-corrected chi connectivity index (χ4v) is 2.63. The lowest BCUT2D eigenvalue weighted by molar-refractivity contribution is -0.121. The lowest BCUT2D eigenvalue weighted by Gasteiger charge is -2.09. The van der Waals surface area contributed by atoms with Crippen molar-refractivity contribution >= 4 is 5.91 Å². The minimum absolute atomic E-state index is 0.241. The molecule has 0 radical (unpaired) electrons. The van der Waals surface area contributed by atoms with Crippen LogP contribution in [0, 0.1) is 5.92 Å². The Balaban J connectivity index is 1.36. The van der Waals surface area contributed by atoms with Gasteiger partial charge in [-0.1, -0.05) is 25.7 Å². The van der Waals surface area contributed by atoms with E-state index in [1.54, 1.807) is 0 Å². The van der Waals surface area contributed by atoms with Crippen molar-refractivity contribution in [3.63, 3.8) is 0 Å². The van der Waals surface area contributed by atoms with Crippen LogP contribution in [0.25, 0.3) is 0 Å².